The van der Waals surface area contributed by atoms with Gasteiger partial charge in [0, 0.05) is 13.0 Å². The molecule has 41 heavy (non-hydrogen) atoms. The molecule has 3 aliphatic rings. The van der Waals surface area contributed by atoms with E-state index in [0.717, 1.165) is 22.7 Å². The fraction of sp³-hybridized carbons (Fsp3) is 0.769. The minimum atomic E-state index is 0.384. The zero-order chi connectivity index (χ0) is 32.3. The van der Waals surface area contributed by atoms with Crippen LogP contribution in [0.5, 0.6) is 0 Å². The summed E-state index contributed by atoms with van der Waals surface area (Å²) in [6, 6.07) is 10.9. The van der Waals surface area contributed by atoms with E-state index in [1.165, 1.54) is 56.9 Å². The molecule has 3 fully saturated rings. The fourth-order valence-electron chi connectivity index (χ4n) is 7.74. The average Bonchev–Trinajstić information content (AvgIpc) is 3.87. The van der Waals surface area contributed by atoms with Gasteiger partial charge in [0.1, 0.15) is 6.79 Å². The first kappa shape index (κ1) is 41.7. The Labute approximate surface area is 258 Å². The number of carbonyl (C=O) groups is 1. The second-order valence-corrected chi connectivity index (χ2v) is 12.4. The Hall–Kier alpha value is -1.41. The molecule has 0 radical (unpaired) electrons. The predicted molar refractivity (Wildman–Crippen MR) is 185 cm³/mol. The van der Waals surface area contributed by atoms with Gasteiger partial charge in [-0.2, -0.15) is 0 Å². The lowest BCUT2D eigenvalue weighted by atomic mass is 9.81. The van der Waals surface area contributed by atoms with Gasteiger partial charge in [-0.15, -0.1) is 0 Å². The lowest BCUT2D eigenvalue weighted by molar-refractivity contribution is -0.0980. The highest BCUT2D eigenvalue weighted by molar-refractivity contribution is 5.37. The fourth-order valence-corrected chi connectivity index (χ4v) is 7.74. The highest BCUT2D eigenvalue weighted by Gasteiger charge is 2.90. The maximum atomic E-state index is 8.00. The zero-order valence-electron chi connectivity index (χ0n) is 30.2. The van der Waals surface area contributed by atoms with Crippen LogP contribution in [0.1, 0.15) is 159 Å². The summed E-state index contributed by atoms with van der Waals surface area (Å²) >= 11 is 0. The Morgan fingerprint density at radius 2 is 1.54 bits per heavy atom. The molecule has 1 aromatic rings. The van der Waals surface area contributed by atoms with Crippen LogP contribution in [0.25, 0.3) is 0 Å². The molecule has 0 bridgehead atoms. The van der Waals surface area contributed by atoms with Crippen LogP contribution < -0.4 is 0 Å². The monoisotopic (exact) mass is 573 g/mol. The van der Waals surface area contributed by atoms with Gasteiger partial charge in [0.15, 0.2) is 0 Å². The van der Waals surface area contributed by atoms with Crippen LogP contribution in [-0.2, 0) is 9.53 Å². The number of benzene rings is 1. The third-order valence-electron chi connectivity index (χ3n) is 10.5. The van der Waals surface area contributed by atoms with Gasteiger partial charge in [-0.3, -0.25) is 0 Å². The van der Waals surface area contributed by atoms with Crippen molar-refractivity contribution < 1.29 is 9.53 Å². The third-order valence-corrected chi connectivity index (χ3v) is 10.5. The van der Waals surface area contributed by atoms with Gasteiger partial charge < -0.3 is 9.53 Å². The van der Waals surface area contributed by atoms with Crippen molar-refractivity contribution in [3.63, 3.8) is 0 Å². The minimum absolute atomic E-state index is 0.384. The van der Waals surface area contributed by atoms with Crippen molar-refractivity contribution in [1.82, 2.24) is 0 Å². The number of unbranched alkanes of at least 4 members (excludes halogenated alkanes) is 2. The molecule has 0 saturated heterocycles. The second kappa shape index (κ2) is 21.3. The van der Waals surface area contributed by atoms with Crippen molar-refractivity contribution in [1.29, 1.82) is 0 Å². The van der Waals surface area contributed by atoms with Gasteiger partial charge in [-0.1, -0.05) is 130 Å². The molecule has 1 aromatic carbocycles. The van der Waals surface area contributed by atoms with E-state index in [1.54, 1.807) is 19.1 Å². The summed E-state index contributed by atoms with van der Waals surface area (Å²) in [5.74, 6) is 2.82. The highest BCUT2D eigenvalue weighted by atomic mass is 16.5. The molecule has 0 aliphatic heterocycles. The van der Waals surface area contributed by atoms with Crippen molar-refractivity contribution in [2.24, 2.45) is 28.1 Å². The van der Waals surface area contributed by atoms with Crippen molar-refractivity contribution in [3.05, 3.63) is 47.5 Å². The minimum Gasteiger partial charge on any atom is -0.382 e. The number of ether oxygens (including phenoxy) is 1. The molecule has 5 atom stereocenters. The van der Waals surface area contributed by atoms with E-state index in [4.69, 9.17) is 9.53 Å². The molecule has 4 rings (SSSR count). The molecule has 240 valence electrons. The molecule has 2 heteroatoms. The van der Waals surface area contributed by atoms with Crippen molar-refractivity contribution in [2.75, 3.05) is 7.11 Å². The average molecular weight is 573 g/mol. The number of hydrogen-bond acceptors (Lipinski definition) is 2. The van der Waals surface area contributed by atoms with Gasteiger partial charge in [0.25, 0.3) is 0 Å². The Bertz CT molecular complexity index is 795. The molecule has 5 unspecified atom stereocenters. The lowest BCUT2D eigenvalue weighted by Crippen LogP contribution is -2.15. The largest absolute Gasteiger partial charge is 0.382 e. The second-order valence-electron chi connectivity index (χ2n) is 12.4. The summed E-state index contributed by atoms with van der Waals surface area (Å²) < 4.78 is 4.75. The number of methoxy groups -OCH3 is 1. The molecule has 0 heterocycles. The standard InChI is InChI=1S/C17H26.C13H22.C4H10O.2C2H6.CH2O/c1-4-7-9-12-15(5-2)17(6-3)16-13-10-8-11-14-16;1-5-9-6-7-12(4)11(2,3)13(12)8-10(9)13;1-4(2)5-3;3*1-2/h5,8,10-11,13-14,17H,4,6-7,9,12H2,1-3H3;9-10H,5-8H2,1-4H3;4H,1-3H3;2*1-2H3;1H2/b15-5-;;;;;. The Balaban J connectivity index is 0. The lowest BCUT2D eigenvalue weighted by Gasteiger charge is -2.24. The van der Waals surface area contributed by atoms with E-state index in [1.807, 2.05) is 48.3 Å². The van der Waals surface area contributed by atoms with Gasteiger partial charge in [0.05, 0.1) is 6.10 Å². The maximum absolute atomic E-state index is 8.00. The summed E-state index contributed by atoms with van der Waals surface area (Å²) in [7, 11) is 1.70. The number of allylic oxidation sites excluding steroid dienone is 2. The predicted octanol–water partition coefficient (Wildman–Crippen LogP) is 12.5. The molecular weight excluding hydrogens is 500 g/mol. The van der Waals surface area contributed by atoms with Crippen LogP contribution in [0.3, 0.4) is 0 Å². The van der Waals surface area contributed by atoms with Crippen molar-refractivity contribution in [2.45, 2.75) is 160 Å². The van der Waals surface area contributed by atoms with Crippen molar-refractivity contribution in [3.8, 4) is 0 Å². The molecule has 0 aromatic heterocycles. The quantitative estimate of drug-likeness (QED) is 0.217. The van der Waals surface area contributed by atoms with E-state index >= 15 is 0 Å². The smallest absolute Gasteiger partial charge is 0.106 e. The topological polar surface area (TPSA) is 26.3 Å². The van der Waals surface area contributed by atoms with E-state index in [2.05, 4.69) is 84.9 Å². The van der Waals surface area contributed by atoms with E-state index in [-0.39, 0.29) is 0 Å². The van der Waals surface area contributed by atoms with Gasteiger partial charge >= 0.3 is 0 Å². The van der Waals surface area contributed by atoms with Crippen LogP contribution in [0, 0.1) is 28.1 Å². The SMILES string of the molecule is C/C=C(/CCCCC)C(CC)c1ccccc1.C=O.CC.CC.CCC1CCC2(C)C(C)(C)C23CC13.COC(C)C. The normalized spacial score (nSPS) is 26.6. The molecule has 3 saturated carbocycles. The Kier molecular flexibility index (Phi) is 21.7. The van der Waals surface area contributed by atoms with Gasteiger partial charge in [-0.05, 0) is 92.9 Å². The third kappa shape index (κ3) is 10.1. The van der Waals surface area contributed by atoms with Crippen LogP contribution in [-0.4, -0.2) is 20.0 Å². The zero-order valence-corrected chi connectivity index (χ0v) is 30.2. The molecule has 2 nitrogen and oxygen atoms in total. The maximum Gasteiger partial charge on any atom is 0.106 e. The first-order valence-corrected chi connectivity index (χ1v) is 17.1. The molecule has 0 N–H and O–H groups in total. The van der Waals surface area contributed by atoms with Gasteiger partial charge in [-0.25, -0.2) is 0 Å². The van der Waals surface area contributed by atoms with E-state index in [0.29, 0.717) is 17.4 Å². The Morgan fingerprint density at radius 3 is 1.95 bits per heavy atom. The first-order chi connectivity index (χ1) is 19.6. The number of carbonyl (C=O) groups excluding carboxylic acids is 1. The summed E-state index contributed by atoms with van der Waals surface area (Å²) in [6.07, 6.45) is 15.2. The molecular formula is C39H72O2. The summed E-state index contributed by atoms with van der Waals surface area (Å²) in [4.78, 5) is 8.00. The van der Waals surface area contributed by atoms with Crippen LogP contribution in [0.4, 0.5) is 0 Å². The van der Waals surface area contributed by atoms with E-state index < -0.39 is 0 Å². The van der Waals surface area contributed by atoms with Crippen LogP contribution in [0.15, 0.2) is 42.0 Å². The summed E-state index contributed by atoms with van der Waals surface area (Å²) in [5, 5.41) is 0. The summed E-state index contributed by atoms with van der Waals surface area (Å²) in [5.41, 5.74) is 5.32. The molecule has 0 amide bonds. The van der Waals surface area contributed by atoms with Crippen LogP contribution >= 0.6 is 0 Å². The molecule has 1 spiro atoms. The number of hydrogen-bond donors (Lipinski definition) is 0. The van der Waals surface area contributed by atoms with E-state index in [9.17, 15) is 0 Å². The number of rotatable bonds is 9. The molecule has 3 aliphatic carbocycles. The highest BCUT2D eigenvalue weighted by Crippen LogP contribution is 2.96. The Morgan fingerprint density at radius 1 is 1.00 bits per heavy atom. The van der Waals surface area contributed by atoms with Crippen molar-refractivity contribution >= 4 is 6.79 Å². The van der Waals surface area contributed by atoms with Crippen LogP contribution in [0.2, 0.25) is 0 Å². The summed E-state index contributed by atoms with van der Waals surface area (Å²) in [6.45, 7) is 30.7. The first-order valence-electron chi connectivity index (χ1n) is 17.1. The van der Waals surface area contributed by atoms with Gasteiger partial charge in [0.2, 0.25) is 0 Å².